The molecule has 0 unspecified atom stereocenters. The summed E-state index contributed by atoms with van der Waals surface area (Å²) < 4.78 is 0. The molecule has 0 aromatic rings. The highest BCUT2D eigenvalue weighted by molar-refractivity contribution is 6.08. The number of nitrogens with one attached hydrogen (secondary N) is 3. The predicted octanol–water partition coefficient (Wildman–Crippen LogP) is -1.78. The zero-order chi connectivity index (χ0) is 9.26. The van der Waals surface area contributed by atoms with E-state index in [0.717, 1.165) is 26.2 Å². The van der Waals surface area contributed by atoms with Crippen molar-refractivity contribution in [2.45, 2.75) is 0 Å². The van der Waals surface area contributed by atoms with Crippen molar-refractivity contribution < 1.29 is 9.59 Å². The van der Waals surface area contributed by atoms with Gasteiger partial charge < -0.3 is 10.6 Å². The van der Waals surface area contributed by atoms with E-state index in [-0.39, 0.29) is 5.91 Å². The van der Waals surface area contributed by atoms with Crippen molar-refractivity contribution in [2.24, 2.45) is 0 Å². The van der Waals surface area contributed by atoms with Gasteiger partial charge in [-0.25, -0.2) is 4.79 Å². The van der Waals surface area contributed by atoms with Crippen molar-refractivity contribution in [3.63, 3.8) is 0 Å². The first kappa shape index (κ1) is 8.46. The number of piperazine rings is 1. The smallest absolute Gasteiger partial charge is 0.314 e. The lowest BCUT2D eigenvalue weighted by molar-refractivity contribution is -0.119. The highest BCUT2D eigenvalue weighted by atomic mass is 16.2. The van der Waals surface area contributed by atoms with E-state index in [2.05, 4.69) is 16.0 Å². The van der Waals surface area contributed by atoms with Crippen LogP contribution in [0.25, 0.3) is 0 Å². The molecule has 2 heterocycles. The highest BCUT2D eigenvalue weighted by Crippen LogP contribution is 2.09. The van der Waals surface area contributed by atoms with Crippen molar-refractivity contribution in [2.75, 3.05) is 26.2 Å². The normalized spacial score (nSPS) is 25.8. The van der Waals surface area contributed by atoms with E-state index in [1.165, 1.54) is 0 Å². The summed E-state index contributed by atoms with van der Waals surface area (Å²) in [6.45, 7) is 3.19. The topological polar surface area (TPSA) is 73.5 Å². The summed E-state index contributed by atoms with van der Waals surface area (Å²) in [6.07, 6.45) is 0.381. The minimum atomic E-state index is -0.432. The number of urea groups is 1. The molecule has 3 amide bonds. The largest absolute Gasteiger partial charge is 0.323 e. The first-order valence-corrected chi connectivity index (χ1v) is 4.22. The van der Waals surface area contributed by atoms with Gasteiger partial charge in [-0.05, 0) is 0 Å². The summed E-state index contributed by atoms with van der Waals surface area (Å²) in [6, 6.07) is -0.432. The van der Waals surface area contributed by atoms with Gasteiger partial charge in [0.2, 0.25) is 6.17 Å². The summed E-state index contributed by atoms with van der Waals surface area (Å²) >= 11 is 0. The molecule has 6 nitrogen and oxygen atoms in total. The van der Waals surface area contributed by atoms with Crippen molar-refractivity contribution in [1.29, 1.82) is 0 Å². The Kier molecular flexibility index (Phi) is 2.15. The molecule has 2 saturated heterocycles. The van der Waals surface area contributed by atoms with E-state index in [1.807, 2.05) is 4.90 Å². The first-order chi connectivity index (χ1) is 6.27. The molecule has 0 aromatic heterocycles. The summed E-state index contributed by atoms with van der Waals surface area (Å²) in [5.74, 6) is -0.327. The van der Waals surface area contributed by atoms with E-state index >= 15 is 0 Å². The van der Waals surface area contributed by atoms with Crippen LogP contribution in [0.5, 0.6) is 0 Å². The lowest BCUT2D eigenvalue weighted by Gasteiger charge is -2.29. The molecule has 2 aliphatic heterocycles. The lowest BCUT2D eigenvalue weighted by atomic mass is 10.3. The Morgan fingerprint density at radius 2 is 1.77 bits per heavy atom. The summed E-state index contributed by atoms with van der Waals surface area (Å²) in [4.78, 5) is 23.9. The van der Waals surface area contributed by atoms with Crippen LogP contribution in [0, 0.1) is 6.17 Å². The second-order valence-electron chi connectivity index (χ2n) is 2.99. The van der Waals surface area contributed by atoms with E-state index < -0.39 is 6.03 Å². The highest BCUT2D eigenvalue weighted by Gasteiger charge is 2.36. The van der Waals surface area contributed by atoms with Crippen molar-refractivity contribution >= 4 is 11.9 Å². The molecular formula is C7H11N4O2. The Balaban J connectivity index is 1.99. The third kappa shape index (κ3) is 1.63. The second kappa shape index (κ2) is 3.31. The van der Waals surface area contributed by atoms with Crippen LogP contribution in [0.2, 0.25) is 0 Å². The molecule has 0 atom stereocenters. The third-order valence-electron chi connectivity index (χ3n) is 2.11. The molecular weight excluding hydrogens is 172 g/mol. The maximum Gasteiger partial charge on any atom is 0.323 e. The Morgan fingerprint density at radius 3 is 2.31 bits per heavy atom. The van der Waals surface area contributed by atoms with Crippen molar-refractivity contribution in [3.8, 4) is 0 Å². The van der Waals surface area contributed by atoms with E-state index in [0.29, 0.717) is 6.17 Å². The van der Waals surface area contributed by atoms with Crippen LogP contribution in [-0.4, -0.2) is 43.0 Å². The third-order valence-corrected chi connectivity index (χ3v) is 2.11. The monoisotopic (exact) mass is 183 g/mol. The second-order valence-corrected chi connectivity index (χ2v) is 2.99. The van der Waals surface area contributed by atoms with E-state index in [1.54, 1.807) is 0 Å². The molecule has 3 N–H and O–H groups in total. The van der Waals surface area contributed by atoms with Crippen LogP contribution in [0.15, 0.2) is 0 Å². The molecule has 2 fully saturated rings. The molecule has 0 aliphatic carbocycles. The zero-order valence-electron chi connectivity index (χ0n) is 7.09. The summed E-state index contributed by atoms with van der Waals surface area (Å²) in [5, 5.41) is 7.83. The Hall–Kier alpha value is -1.14. The molecule has 1 radical (unpaired) electrons. The van der Waals surface area contributed by atoms with Gasteiger partial charge in [-0.2, -0.15) is 0 Å². The van der Waals surface area contributed by atoms with E-state index in [9.17, 15) is 9.59 Å². The van der Waals surface area contributed by atoms with Crippen LogP contribution >= 0.6 is 0 Å². The lowest BCUT2D eigenvalue weighted by Crippen LogP contribution is -2.49. The minimum Gasteiger partial charge on any atom is -0.314 e. The number of rotatable bonds is 1. The van der Waals surface area contributed by atoms with Gasteiger partial charge in [0.05, 0.1) is 0 Å². The fourth-order valence-corrected chi connectivity index (χ4v) is 1.47. The molecule has 13 heavy (non-hydrogen) atoms. The van der Waals surface area contributed by atoms with Gasteiger partial charge in [0.1, 0.15) is 0 Å². The summed E-state index contributed by atoms with van der Waals surface area (Å²) in [7, 11) is 0. The van der Waals surface area contributed by atoms with Gasteiger partial charge in [0, 0.05) is 26.2 Å². The van der Waals surface area contributed by atoms with Crippen LogP contribution in [0.3, 0.4) is 0 Å². The number of amides is 3. The molecule has 0 spiro atoms. The number of nitrogens with zero attached hydrogens (tertiary/aromatic N) is 1. The molecule has 0 saturated carbocycles. The fourth-order valence-electron chi connectivity index (χ4n) is 1.47. The van der Waals surface area contributed by atoms with Crippen molar-refractivity contribution in [1.82, 2.24) is 20.9 Å². The molecule has 6 heteroatoms. The number of carbonyl (C=O) groups excluding carboxylic acids is 2. The Morgan fingerprint density at radius 1 is 1.08 bits per heavy atom. The SMILES string of the molecule is O=C1N[C](N2CCNCC2)C(=O)N1. The number of hydrogen-bond donors (Lipinski definition) is 3. The predicted molar refractivity (Wildman–Crippen MR) is 44.4 cm³/mol. The minimum absolute atomic E-state index is 0.327. The van der Waals surface area contributed by atoms with E-state index in [4.69, 9.17) is 0 Å². The quantitative estimate of drug-likeness (QED) is 0.420. The fraction of sp³-hybridized carbons (Fsp3) is 0.571. The molecule has 0 aromatic carbocycles. The van der Waals surface area contributed by atoms with Gasteiger partial charge in [0.15, 0.2) is 0 Å². The molecule has 0 bridgehead atoms. The number of carbonyl (C=O) groups is 2. The molecule has 71 valence electrons. The van der Waals surface area contributed by atoms with Gasteiger partial charge >= 0.3 is 6.03 Å². The zero-order valence-corrected chi connectivity index (χ0v) is 7.09. The maximum atomic E-state index is 11.2. The van der Waals surface area contributed by atoms with Crippen LogP contribution in [-0.2, 0) is 4.79 Å². The van der Waals surface area contributed by atoms with Crippen LogP contribution in [0.4, 0.5) is 4.79 Å². The van der Waals surface area contributed by atoms with Crippen LogP contribution in [0.1, 0.15) is 0 Å². The average Bonchev–Trinajstić information content (AvgIpc) is 2.47. The number of hydrogen-bond acceptors (Lipinski definition) is 4. The average molecular weight is 183 g/mol. The molecule has 2 aliphatic rings. The standard InChI is InChI=1S/C7H11N4O2/c12-6-5(9-7(13)10-6)11-3-1-8-2-4-11/h8H,1-4H2,(H2,9,10,12,13). The van der Waals surface area contributed by atoms with Gasteiger partial charge in [0.25, 0.3) is 5.91 Å². The van der Waals surface area contributed by atoms with Gasteiger partial charge in [-0.1, -0.05) is 0 Å². The molecule has 2 rings (SSSR count). The Labute approximate surface area is 75.6 Å². The summed E-state index contributed by atoms with van der Waals surface area (Å²) in [5.41, 5.74) is 0. The Bertz CT molecular complexity index is 237. The van der Waals surface area contributed by atoms with Crippen LogP contribution < -0.4 is 16.0 Å². The van der Waals surface area contributed by atoms with Crippen molar-refractivity contribution in [3.05, 3.63) is 6.17 Å². The van der Waals surface area contributed by atoms with Gasteiger partial charge in [-0.3, -0.25) is 15.0 Å². The maximum absolute atomic E-state index is 11.2. The first-order valence-electron chi connectivity index (χ1n) is 4.22. The van der Waals surface area contributed by atoms with Gasteiger partial charge in [-0.15, -0.1) is 0 Å². The number of imide groups is 1.